The SMILES string of the molecule is COc1cc(/C=C/[C@H](CO)Cc2ccc(O)c(OC)c2)ccc1O. The molecule has 0 spiro atoms. The van der Waals surface area contributed by atoms with Crippen LogP contribution in [-0.2, 0) is 6.42 Å². The third-order valence-corrected chi connectivity index (χ3v) is 3.74. The van der Waals surface area contributed by atoms with Gasteiger partial charge in [-0.05, 0) is 41.8 Å². The Morgan fingerprint density at radius 1 is 0.958 bits per heavy atom. The standard InChI is InChI=1S/C19H22O5/c1-23-18-10-13(5-7-16(18)21)3-4-15(12-20)9-14-6-8-17(22)19(11-14)24-2/h3-8,10-11,15,20-22H,9,12H2,1-2H3/b4-3+/t15-/m0/s1. The Bertz CT molecular complexity index is 709. The summed E-state index contributed by atoms with van der Waals surface area (Å²) in [6.07, 6.45) is 4.39. The molecule has 3 N–H and O–H groups in total. The predicted molar refractivity (Wildman–Crippen MR) is 92.6 cm³/mol. The van der Waals surface area contributed by atoms with Crippen LogP contribution in [0.1, 0.15) is 11.1 Å². The van der Waals surface area contributed by atoms with Crippen molar-refractivity contribution in [2.45, 2.75) is 6.42 Å². The first-order valence-corrected chi connectivity index (χ1v) is 7.59. The molecule has 5 heteroatoms. The Morgan fingerprint density at radius 2 is 1.58 bits per heavy atom. The first kappa shape index (κ1) is 17.7. The van der Waals surface area contributed by atoms with Crippen molar-refractivity contribution in [3.63, 3.8) is 0 Å². The van der Waals surface area contributed by atoms with Gasteiger partial charge in [0.15, 0.2) is 23.0 Å². The number of hydrogen-bond acceptors (Lipinski definition) is 5. The van der Waals surface area contributed by atoms with Gasteiger partial charge in [-0.1, -0.05) is 24.3 Å². The molecule has 0 saturated carbocycles. The molecule has 0 fully saturated rings. The van der Waals surface area contributed by atoms with Crippen LogP contribution in [0, 0.1) is 5.92 Å². The van der Waals surface area contributed by atoms with E-state index in [4.69, 9.17) is 9.47 Å². The molecular formula is C19H22O5. The molecule has 0 amide bonds. The first-order chi connectivity index (χ1) is 11.6. The zero-order valence-electron chi connectivity index (χ0n) is 13.8. The third kappa shape index (κ3) is 4.43. The van der Waals surface area contributed by atoms with Crippen molar-refractivity contribution >= 4 is 6.08 Å². The Hall–Kier alpha value is -2.66. The van der Waals surface area contributed by atoms with Gasteiger partial charge in [0.1, 0.15) is 0 Å². The van der Waals surface area contributed by atoms with E-state index in [1.54, 1.807) is 36.4 Å². The maximum Gasteiger partial charge on any atom is 0.161 e. The van der Waals surface area contributed by atoms with Crippen LogP contribution in [0.2, 0.25) is 0 Å². The van der Waals surface area contributed by atoms with E-state index >= 15 is 0 Å². The van der Waals surface area contributed by atoms with Gasteiger partial charge in [0.05, 0.1) is 14.2 Å². The van der Waals surface area contributed by atoms with Crippen LogP contribution >= 0.6 is 0 Å². The number of ether oxygens (including phenoxy) is 2. The molecule has 0 aromatic heterocycles. The number of methoxy groups -OCH3 is 2. The van der Waals surface area contributed by atoms with Gasteiger partial charge in [0.25, 0.3) is 0 Å². The minimum Gasteiger partial charge on any atom is -0.504 e. The molecule has 0 saturated heterocycles. The van der Waals surface area contributed by atoms with Crippen molar-refractivity contribution in [1.29, 1.82) is 0 Å². The van der Waals surface area contributed by atoms with Crippen LogP contribution in [0.5, 0.6) is 23.0 Å². The van der Waals surface area contributed by atoms with E-state index in [2.05, 4.69) is 0 Å². The summed E-state index contributed by atoms with van der Waals surface area (Å²) in [6, 6.07) is 10.2. The molecule has 0 aliphatic carbocycles. The lowest BCUT2D eigenvalue weighted by atomic mass is 9.98. The quantitative estimate of drug-likeness (QED) is 0.727. The Labute approximate surface area is 141 Å². The average Bonchev–Trinajstić information content (AvgIpc) is 2.61. The molecule has 0 unspecified atom stereocenters. The number of rotatable bonds is 7. The van der Waals surface area contributed by atoms with E-state index < -0.39 is 0 Å². The third-order valence-electron chi connectivity index (χ3n) is 3.74. The highest BCUT2D eigenvalue weighted by Crippen LogP contribution is 2.28. The fourth-order valence-corrected chi connectivity index (χ4v) is 2.39. The fourth-order valence-electron chi connectivity index (χ4n) is 2.39. The molecule has 0 aliphatic heterocycles. The average molecular weight is 330 g/mol. The molecule has 5 nitrogen and oxygen atoms in total. The Kier molecular flexibility index (Phi) is 6.09. The van der Waals surface area contributed by atoms with E-state index in [1.165, 1.54) is 14.2 Å². The van der Waals surface area contributed by atoms with Crippen molar-refractivity contribution in [1.82, 2.24) is 0 Å². The van der Waals surface area contributed by atoms with E-state index in [9.17, 15) is 15.3 Å². The van der Waals surface area contributed by atoms with Crippen molar-refractivity contribution in [3.05, 3.63) is 53.6 Å². The highest BCUT2D eigenvalue weighted by atomic mass is 16.5. The van der Waals surface area contributed by atoms with Crippen molar-refractivity contribution < 1.29 is 24.8 Å². The summed E-state index contributed by atoms with van der Waals surface area (Å²) in [5.74, 6) is 0.912. The van der Waals surface area contributed by atoms with Crippen molar-refractivity contribution in [3.8, 4) is 23.0 Å². The second-order valence-corrected chi connectivity index (χ2v) is 5.44. The summed E-state index contributed by atoms with van der Waals surface area (Å²) >= 11 is 0. The summed E-state index contributed by atoms with van der Waals surface area (Å²) in [5.41, 5.74) is 1.82. The summed E-state index contributed by atoms with van der Waals surface area (Å²) in [6.45, 7) is -0.00505. The number of aliphatic hydroxyl groups excluding tert-OH is 1. The monoisotopic (exact) mass is 330 g/mol. The van der Waals surface area contributed by atoms with Gasteiger partial charge in [0.2, 0.25) is 0 Å². The number of phenols is 2. The lowest BCUT2D eigenvalue weighted by Gasteiger charge is -2.11. The van der Waals surface area contributed by atoms with Crippen LogP contribution in [0.25, 0.3) is 6.08 Å². The predicted octanol–water partition coefficient (Wildman–Crippen LogP) is 2.98. The minimum atomic E-state index is -0.0842. The molecule has 1 atom stereocenters. The van der Waals surface area contributed by atoms with Gasteiger partial charge in [-0.25, -0.2) is 0 Å². The maximum atomic E-state index is 9.63. The second-order valence-electron chi connectivity index (χ2n) is 5.44. The molecule has 0 heterocycles. The maximum absolute atomic E-state index is 9.63. The van der Waals surface area contributed by atoms with Crippen LogP contribution in [0.3, 0.4) is 0 Å². The van der Waals surface area contributed by atoms with Crippen LogP contribution in [0.4, 0.5) is 0 Å². The van der Waals surface area contributed by atoms with Gasteiger partial charge >= 0.3 is 0 Å². The van der Waals surface area contributed by atoms with Crippen LogP contribution < -0.4 is 9.47 Å². The normalized spacial score (nSPS) is 12.3. The lowest BCUT2D eigenvalue weighted by Crippen LogP contribution is -2.06. The topological polar surface area (TPSA) is 79.2 Å². The summed E-state index contributed by atoms with van der Waals surface area (Å²) in [5, 5.41) is 28.8. The van der Waals surface area contributed by atoms with Crippen molar-refractivity contribution in [2.24, 2.45) is 5.92 Å². The summed E-state index contributed by atoms with van der Waals surface area (Å²) in [7, 11) is 3.00. The zero-order valence-corrected chi connectivity index (χ0v) is 13.8. The van der Waals surface area contributed by atoms with Gasteiger partial charge in [-0.2, -0.15) is 0 Å². The molecule has 128 valence electrons. The van der Waals surface area contributed by atoms with E-state index in [-0.39, 0.29) is 24.0 Å². The number of benzene rings is 2. The minimum absolute atomic E-state index is 0.00505. The van der Waals surface area contributed by atoms with E-state index in [0.717, 1.165) is 11.1 Å². The highest BCUT2D eigenvalue weighted by Gasteiger charge is 2.09. The number of aromatic hydroxyl groups is 2. The Balaban J connectivity index is 2.11. The van der Waals surface area contributed by atoms with Crippen LogP contribution in [0.15, 0.2) is 42.5 Å². The van der Waals surface area contributed by atoms with E-state index in [1.807, 2.05) is 12.2 Å². The molecule has 2 aromatic rings. The smallest absolute Gasteiger partial charge is 0.161 e. The van der Waals surface area contributed by atoms with Gasteiger partial charge in [-0.3, -0.25) is 0 Å². The highest BCUT2D eigenvalue weighted by molar-refractivity contribution is 5.55. The summed E-state index contributed by atoms with van der Waals surface area (Å²) in [4.78, 5) is 0. The number of aliphatic hydroxyl groups is 1. The molecule has 24 heavy (non-hydrogen) atoms. The van der Waals surface area contributed by atoms with Crippen molar-refractivity contribution in [2.75, 3.05) is 20.8 Å². The first-order valence-electron chi connectivity index (χ1n) is 7.59. The molecule has 0 bridgehead atoms. The van der Waals surface area contributed by atoms with Crippen LogP contribution in [-0.4, -0.2) is 36.1 Å². The van der Waals surface area contributed by atoms with Gasteiger partial charge < -0.3 is 24.8 Å². The molecule has 0 radical (unpaired) electrons. The zero-order chi connectivity index (χ0) is 17.5. The number of phenolic OH excluding ortho intramolecular Hbond substituents is 2. The molecular weight excluding hydrogens is 308 g/mol. The molecule has 2 rings (SSSR count). The molecule has 2 aromatic carbocycles. The van der Waals surface area contributed by atoms with Gasteiger partial charge in [-0.15, -0.1) is 0 Å². The van der Waals surface area contributed by atoms with E-state index in [0.29, 0.717) is 17.9 Å². The largest absolute Gasteiger partial charge is 0.504 e. The lowest BCUT2D eigenvalue weighted by molar-refractivity contribution is 0.252. The Morgan fingerprint density at radius 3 is 2.21 bits per heavy atom. The summed E-state index contributed by atoms with van der Waals surface area (Å²) < 4.78 is 10.2. The number of hydrogen-bond donors (Lipinski definition) is 3. The fraction of sp³-hybridized carbons (Fsp3) is 0.263. The molecule has 0 aliphatic rings. The second kappa shape index (κ2) is 8.26. The van der Waals surface area contributed by atoms with Gasteiger partial charge in [0, 0.05) is 12.5 Å².